The van der Waals surface area contributed by atoms with Crippen LogP contribution < -0.4 is 0 Å². The monoisotopic (exact) mass is 262 g/mol. The molecule has 18 heavy (non-hydrogen) atoms. The highest BCUT2D eigenvalue weighted by atomic mass is 28.3. The maximum absolute atomic E-state index is 11.7. The van der Waals surface area contributed by atoms with Gasteiger partial charge in [0, 0.05) is 5.57 Å². The molecule has 0 saturated heterocycles. The quantitative estimate of drug-likeness (QED) is 0.460. The summed E-state index contributed by atoms with van der Waals surface area (Å²) >= 11 is 0. The highest BCUT2D eigenvalue weighted by Crippen LogP contribution is 2.15. The predicted molar refractivity (Wildman–Crippen MR) is 78.2 cm³/mol. The number of hydrogen-bond acceptors (Lipinski definition) is 2. The van der Waals surface area contributed by atoms with E-state index in [1.54, 1.807) is 0 Å². The van der Waals surface area contributed by atoms with Crippen molar-refractivity contribution in [2.75, 3.05) is 7.11 Å². The zero-order valence-electron chi connectivity index (χ0n) is 11.7. The Labute approximate surface area is 111 Å². The largest absolute Gasteiger partial charge is 0.466 e. The van der Waals surface area contributed by atoms with Crippen molar-refractivity contribution >= 4 is 14.0 Å². The summed E-state index contributed by atoms with van der Waals surface area (Å²) in [7, 11) is 0.0469. The lowest BCUT2D eigenvalue weighted by Crippen LogP contribution is -2.20. The molecule has 0 amide bonds. The van der Waals surface area contributed by atoms with Gasteiger partial charge in [-0.2, -0.15) is 0 Å². The third-order valence-corrected chi connectivity index (χ3v) is 3.80. The van der Waals surface area contributed by atoms with Crippen LogP contribution in [-0.2, 0) is 16.0 Å². The Hall–Kier alpha value is -1.35. The molecule has 2 nitrogen and oxygen atoms in total. The first kappa shape index (κ1) is 14.7. The summed E-state index contributed by atoms with van der Waals surface area (Å²) in [6.07, 6.45) is 1.63. The zero-order chi connectivity index (χ0) is 13.6. The topological polar surface area (TPSA) is 26.3 Å². The van der Waals surface area contributed by atoms with Crippen molar-refractivity contribution < 1.29 is 9.53 Å². The number of rotatable bonds is 5. The Bertz CT molecular complexity index is 416. The smallest absolute Gasteiger partial charge is 0.333 e. The van der Waals surface area contributed by atoms with Gasteiger partial charge >= 0.3 is 5.97 Å². The average Bonchev–Trinajstić information content (AvgIpc) is 2.33. The van der Waals surface area contributed by atoms with Crippen molar-refractivity contribution in [2.24, 2.45) is 0 Å². The number of benzene rings is 1. The second-order valence-electron chi connectivity index (χ2n) is 5.51. The number of esters is 1. The van der Waals surface area contributed by atoms with Gasteiger partial charge in [0.2, 0.25) is 0 Å². The van der Waals surface area contributed by atoms with Crippen LogP contribution in [0, 0.1) is 0 Å². The highest BCUT2D eigenvalue weighted by Gasteiger charge is 2.16. The highest BCUT2D eigenvalue weighted by molar-refractivity contribution is 6.81. The first-order valence-corrected chi connectivity index (χ1v) is 9.84. The number of aryl methyl sites for hydroxylation is 1. The van der Waals surface area contributed by atoms with Gasteiger partial charge in [0.15, 0.2) is 0 Å². The van der Waals surface area contributed by atoms with E-state index in [4.69, 9.17) is 4.74 Å². The van der Waals surface area contributed by atoms with Gasteiger partial charge in [-0.15, -0.1) is 0 Å². The summed E-state index contributed by atoms with van der Waals surface area (Å²) in [5, 5.41) is 0. The molecule has 0 fully saturated rings. The van der Waals surface area contributed by atoms with E-state index in [2.05, 4.69) is 37.5 Å². The van der Waals surface area contributed by atoms with Gasteiger partial charge < -0.3 is 4.74 Å². The van der Waals surface area contributed by atoms with Gasteiger partial charge in [0.1, 0.15) is 0 Å². The van der Waals surface area contributed by atoms with E-state index in [0.29, 0.717) is 0 Å². The van der Waals surface area contributed by atoms with Gasteiger partial charge in [-0.25, -0.2) is 4.79 Å². The van der Waals surface area contributed by atoms with Crippen molar-refractivity contribution in [3.05, 3.63) is 47.2 Å². The molecule has 0 heterocycles. The minimum Gasteiger partial charge on any atom is -0.466 e. The van der Waals surface area contributed by atoms with Gasteiger partial charge in [-0.3, -0.25) is 0 Å². The lowest BCUT2D eigenvalue weighted by atomic mass is 10.1. The molecule has 0 bridgehead atoms. The van der Waals surface area contributed by atoms with Gasteiger partial charge in [-0.1, -0.05) is 55.7 Å². The summed E-state index contributed by atoms with van der Waals surface area (Å²) in [6, 6.07) is 10.2. The molecule has 98 valence electrons. The van der Waals surface area contributed by atoms with Crippen molar-refractivity contribution in [1.29, 1.82) is 0 Å². The van der Waals surface area contributed by atoms with Crippen LogP contribution in [0.15, 0.2) is 41.6 Å². The van der Waals surface area contributed by atoms with Crippen LogP contribution >= 0.6 is 0 Å². The molecule has 3 heteroatoms. The Morgan fingerprint density at radius 1 is 1.22 bits per heavy atom. The van der Waals surface area contributed by atoms with E-state index < -0.39 is 8.07 Å². The van der Waals surface area contributed by atoms with E-state index in [1.807, 2.05) is 18.2 Å². The molecule has 0 N–H and O–H groups in total. The molecule has 1 aromatic carbocycles. The summed E-state index contributed by atoms with van der Waals surface area (Å²) < 4.78 is 4.86. The van der Waals surface area contributed by atoms with Crippen LogP contribution in [0.3, 0.4) is 0 Å². The van der Waals surface area contributed by atoms with E-state index in [0.717, 1.165) is 18.4 Å². The molecule has 1 rings (SSSR count). The van der Waals surface area contributed by atoms with Gasteiger partial charge in [0.25, 0.3) is 0 Å². The lowest BCUT2D eigenvalue weighted by Gasteiger charge is -2.13. The predicted octanol–water partition coefficient (Wildman–Crippen LogP) is 3.60. The molecule has 1 aromatic rings. The Morgan fingerprint density at radius 3 is 2.33 bits per heavy atom. The second kappa shape index (κ2) is 6.54. The van der Waals surface area contributed by atoms with Crippen molar-refractivity contribution in [2.45, 2.75) is 32.5 Å². The van der Waals surface area contributed by atoms with Crippen LogP contribution in [0.25, 0.3) is 0 Å². The molecule has 0 spiro atoms. The summed E-state index contributed by atoms with van der Waals surface area (Å²) in [4.78, 5) is 11.7. The molecule has 0 radical (unpaired) electrons. The molecular formula is C15H22O2Si. The fourth-order valence-electron chi connectivity index (χ4n) is 1.81. The summed E-state index contributed by atoms with van der Waals surface area (Å²) in [6.45, 7) is 6.66. The first-order valence-electron chi connectivity index (χ1n) is 6.26. The van der Waals surface area contributed by atoms with E-state index in [-0.39, 0.29) is 5.97 Å². The van der Waals surface area contributed by atoms with Gasteiger partial charge in [-0.05, 0) is 18.4 Å². The van der Waals surface area contributed by atoms with Crippen LogP contribution in [0.2, 0.25) is 19.6 Å². The van der Waals surface area contributed by atoms with Gasteiger partial charge in [0.05, 0.1) is 15.2 Å². The fourth-order valence-corrected chi connectivity index (χ4v) is 3.12. The third-order valence-electron chi connectivity index (χ3n) is 2.58. The molecule has 0 saturated carbocycles. The molecular weight excluding hydrogens is 240 g/mol. The van der Waals surface area contributed by atoms with Crippen LogP contribution in [-0.4, -0.2) is 21.2 Å². The van der Waals surface area contributed by atoms with E-state index >= 15 is 0 Å². The Kier molecular flexibility index (Phi) is 5.35. The van der Waals surface area contributed by atoms with Crippen molar-refractivity contribution in [3.8, 4) is 0 Å². The zero-order valence-corrected chi connectivity index (χ0v) is 12.7. The molecule has 0 aromatic heterocycles. The van der Waals surface area contributed by atoms with Crippen molar-refractivity contribution in [3.63, 3.8) is 0 Å². The molecule has 0 aliphatic rings. The molecule has 0 aliphatic heterocycles. The number of carbonyl (C=O) groups excluding carboxylic acids is 1. The second-order valence-corrected chi connectivity index (χ2v) is 10.5. The van der Waals surface area contributed by atoms with Crippen molar-refractivity contribution in [1.82, 2.24) is 0 Å². The number of methoxy groups -OCH3 is 1. The number of hydrogen-bond donors (Lipinski definition) is 0. The Morgan fingerprint density at radius 2 is 1.83 bits per heavy atom. The number of carbonyl (C=O) groups is 1. The minimum absolute atomic E-state index is 0.187. The summed E-state index contributed by atoms with van der Waals surface area (Å²) in [5.74, 6) is -0.187. The summed E-state index contributed by atoms with van der Waals surface area (Å²) in [5.41, 5.74) is 4.21. The fraction of sp³-hybridized carbons (Fsp3) is 0.400. The first-order chi connectivity index (χ1) is 8.42. The minimum atomic E-state index is -1.40. The normalized spacial score (nSPS) is 12.3. The molecule has 0 aliphatic carbocycles. The maximum atomic E-state index is 11.7. The molecule has 0 unspecified atom stereocenters. The Balaban J connectivity index is 2.75. The molecule has 0 atom stereocenters. The average molecular weight is 262 g/mol. The van der Waals surface area contributed by atoms with Crippen LogP contribution in [0.5, 0.6) is 0 Å². The maximum Gasteiger partial charge on any atom is 0.333 e. The standard InChI is InChI=1S/C15H22O2Si/c1-17-15(16)14(12-18(2,3)4)11-10-13-8-6-5-7-9-13/h5-9,12H,10-11H2,1-4H3/b14-12+. The van der Waals surface area contributed by atoms with Crippen LogP contribution in [0.1, 0.15) is 12.0 Å². The van der Waals surface area contributed by atoms with E-state index in [1.165, 1.54) is 12.7 Å². The SMILES string of the molecule is COC(=O)/C(=C/[Si](C)(C)C)CCc1ccccc1. The van der Waals surface area contributed by atoms with Crippen LogP contribution in [0.4, 0.5) is 0 Å². The lowest BCUT2D eigenvalue weighted by molar-refractivity contribution is -0.136. The third kappa shape index (κ3) is 5.32. The number of ether oxygens (including phenoxy) is 1. The van der Waals surface area contributed by atoms with E-state index in [9.17, 15) is 4.79 Å².